The predicted molar refractivity (Wildman–Crippen MR) is 50.7 cm³/mol. The SMILES string of the molecule is O=C1CC(=O)N(Cc2cccnn2)C(=O)N1. The molecule has 0 aromatic carbocycles. The first-order valence-corrected chi connectivity index (χ1v) is 4.57. The molecule has 0 saturated carbocycles. The van der Waals surface area contributed by atoms with Crippen LogP contribution in [0.5, 0.6) is 0 Å². The maximum absolute atomic E-state index is 11.4. The Labute approximate surface area is 90.5 Å². The van der Waals surface area contributed by atoms with Crippen LogP contribution in [0, 0.1) is 0 Å². The van der Waals surface area contributed by atoms with Gasteiger partial charge in [-0.1, -0.05) is 0 Å². The summed E-state index contributed by atoms with van der Waals surface area (Å²) in [5.41, 5.74) is 0.486. The fourth-order valence-electron chi connectivity index (χ4n) is 1.32. The van der Waals surface area contributed by atoms with Crippen molar-refractivity contribution >= 4 is 17.8 Å². The van der Waals surface area contributed by atoms with Gasteiger partial charge in [-0.15, -0.1) is 0 Å². The molecule has 2 rings (SSSR count). The number of imide groups is 2. The standard InChI is InChI=1S/C9H8N4O3/c14-7-4-8(15)13(9(16)11-7)5-6-2-1-3-10-12-6/h1-3H,4-5H2,(H,11,14,16). The molecule has 7 nitrogen and oxygen atoms in total. The molecule has 1 N–H and O–H groups in total. The summed E-state index contributed by atoms with van der Waals surface area (Å²) in [4.78, 5) is 34.6. The van der Waals surface area contributed by atoms with E-state index >= 15 is 0 Å². The average Bonchev–Trinajstić information content (AvgIpc) is 2.25. The van der Waals surface area contributed by atoms with Crippen molar-refractivity contribution in [3.63, 3.8) is 0 Å². The van der Waals surface area contributed by atoms with Crippen molar-refractivity contribution in [3.8, 4) is 0 Å². The Morgan fingerprint density at radius 3 is 2.81 bits per heavy atom. The van der Waals surface area contributed by atoms with Gasteiger partial charge in [-0.3, -0.25) is 19.8 Å². The monoisotopic (exact) mass is 220 g/mol. The van der Waals surface area contributed by atoms with Crippen molar-refractivity contribution < 1.29 is 14.4 Å². The predicted octanol–water partition coefficient (Wildman–Crippen LogP) is -0.555. The lowest BCUT2D eigenvalue weighted by Crippen LogP contribution is -2.52. The molecule has 7 heteroatoms. The van der Waals surface area contributed by atoms with Gasteiger partial charge in [0.05, 0.1) is 12.2 Å². The molecule has 1 aromatic rings. The van der Waals surface area contributed by atoms with E-state index in [4.69, 9.17) is 0 Å². The zero-order chi connectivity index (χ0) is 11.5. The lowest BCUT2D eigenvalue weighted by Gasteiger charge is -2.23. The number of aromatic nitrogens is 2. The number of carbonyl (C=O) groups excluding carboxylic acids is 3. The molecule has 0 atom stereocenters. The van der Waals surface area contributed by atoms with Crippen LogP contribution in [0.4, 0.5) is 4.79 Å². The molecule has 0 aliphatic carbocycles. The Hall–Kier alpha value is -2.31. The van der Waals surface area contributed by atoms with E-state index in [-0.39, 0.29) is 13.0 Å². The first-order valence-electron chi connectivity index (χ1n) is 4.57. The first-order chi connectivity index (χ1) is 7.66. The molecule has 1 aromatic heterocycles. The van der Waals surface area contributed by atoms with E-state index in [1.165, 1.54) is 6.20 Å². The highest BCUT2D eigenvalue weighted by atomic mass is 16.2. The van der Waals surface area contributed by atoms with Crippen molar-refractivity contribution in [3.05, 3.63) is 24.0 Å². The third-order valence-corrected chi connectivity index (χ3v) is 2.05. The molecule has 1 fully saturated rings. The van der Waals surface area contributed by atoms with Gasteiger partial charge in [0.15, 0.2) is 0 Å². The number of hydrogen-bond donors (Lipinski definition) is 1. The van der Waals surface area contributed by atoms with Gasteiger partial charge in [-0.05, 0) is 12.1 Å². The minimum absolute atomic E-state index is 0.0196. The van der Waals surface area contributed by atoms with Crippen LogP contribution >= 0.6 is 0 Å². The molecule has 0 radical (unpaired) electrons. The molecular formula is C9H8N4O3. The molecule has 1 aliphatic heterocycles. The lowest BCUT2D eigenvalue weighted by atomic mass is 10.2. The fraction of sp³-hybridized carbons (Fsp3) is 0.222. The highest BCUT2D eigenvalue weighted by Gasteiger charge is 2.30. The second-order valence-electron chi connectivity index (χ2n) is 3.22. The van der Waals surface area contributed by atoms with E-state index in [1.807, 2.05) is 0 Å². The minimum atomic E-state index is -0.716. The van der Waals surface area contributed by atoms with Gasteiger partial charge in [0.25, 0.3) is 0 Å². The third-order valence-electron chi connectivity index (χ3n) is 2.05. The van der Waals surface area contributed by atoms with Crippen LogP contribution in [0.3, 0.4) is 0 Å². The van der Waals surface area contributed by atoms with Crippen LogP contribution < -0.4 is 5.32 Å². The summed E-state index contributed by atoms with van der Waals surface area (Å²) in [5.74, 6) is -1.11. The summed E-state index contributed by atoms with van der Waals surface area (Å²) < 4.78 is 0. The Kier molecular flexibility index (Phi) is 2.59. The van der Waals surface area contributed by atoms with Crippen molar-refractivity contribution in [2.75, 3.05) is 0 Å². The molecule has 0 unspecified atom stereocenters. The quantitative estimate of drug-likeness (QED) is 0.675. The Morgan fingerprint density at radius 1 is 1.38 bits per heavy atom. The third kappa shape index (κ3) is 2.02. The van der Waals surface area contributed by atoms with Crippen LogP contribution in [-0.2, 0) is 16.1 Å². The maximum atomic E-state index is 11.4. The molecule has 82 valence electrons. The number of rotatable bonds is 2. The van der Waals surface area contributed by atoms with E-state index < -0.39 is 17.8 Å². The summed E-state index contributed by atoms with van der Waals surface area (Å²) in [5, 5.41) is 9.44. The van der Waals surface area contributed by atoms with Crippen LogP contribution in [0.2, 0.25) is 0 Å². The Balaban J connectivity index is 2.13. The molecule has 0 spiro atoms. The van der Waals surface area contributed by atoms with E-state index in [0.717, 1.165) is 4.90 Å². The lowest BCUT2D eigenvalue weighted by molar-refractivity contribution is -0.136. The summed E-state index contributed by atoms with van der Waals surface area (Å²) in [7, 11) is 0. The molecule has 0 bridgehead atoms. The summed E-state index contributed by atoms with van der Waals surface area (Å²) in [6.07, 6.45) is 1.18. The second-order valence-corrected chi connectivity index (χ2v) is 3.22. The van der Waals surface area contributed by atoms with Crippen LogP contribution in [0.25, 0.3) is 0 Å². The largest absolute Gasteiger partial charge is 0.331 e. The Morgan fingerprint density at radius 2 is 2.19 bits per heavy atom. The molecule has 1 saturated heterocycles. The van der Waals surface area contributed by atoms with E-state index in [1.54, 1.807) is 12.1 Å². The van der Waals surface area contributed by atoms with Crippen molar-refractivity contribution in [1.82, 2.24) is 20.4 Å². The highest BCUT2D eigenvalue weighted by Crippen LogP contribution is 2.07. The second kappa shape index (κ2) is 4.05. The average molecular weight is 220 g/mol. The van der Waals surface area contributed by atoms with Crippen LogP contribution in [0.15, 0.2) is 18.3 Å². The van der Waals surface area contributed by atoms with E-state index in [2.05, 4.69) is 15.5 Å². The molecule has 2 heterocycles. The minimum Gasteiger partial charge on any atom is -0.277 e. The molecule has 4 amide bonds. The number of amides is 4. The van der Waals surface area contributed by atoms with E-state index in [9.17, 15) is 14.4 Å². The Bertz CT molecular complexity index is 425. The summed E-state index contributed by atoms with van der Waals surface area (Å²) >= 11 is 0. The van der Waals surface area contributed by atoms with Gasteiger partial charge in [0.1, 0.15) is 6.42 Å². The topological polar surface area (TPSA) is 92.3 Å². The van der Waals surface area contributed by atoms with Gasteiger partial charge in [0.2, 0.25) is 11.8 Å². The van der Waals surface area contributed by atoms with Crippen molar-refractivity contribution in [2.24, 2.45) is 0 Å². The summed E-state index contributed by atoms with van der Waals surface area (Å²) in [6, 6.07) is 2.58. The number of hydrogen-bond acceptors (Lipinski definition) is 5. The zero-order valence-electron chi connectivity index (χ0n) is 8.21. The normalized spacial score (nSPS) is 16.2. The van der Waals surface area contributed by atoms with Gasteiger partial charge in [-0.2, -0.15) is 10.2 Å². The number of nitrogens with zero attached hydrogens (tertiary/aromatic N) is 3. The molecule has 16 heavy (non-hydrogen) atoms. The smallest absolute Gasteiger partial charge is 0.277 e. The van der Waals surface area contributed by atoms with Gasteiger partial charge >= 0.3 is 6.03 Å². The number of urea groups is 1. The molecule has 1 aliphatic rings. The summed E-state index contributed by atoms with van der Waals surface area (Å²) in [6.45, 7) is 0.0196. The van der Waals surface area contributed by atoms with Crippen LogP contribution in [0.1, 0.15) is 12.1 Å². The van der Waals surface area contributed by atoms with Crippen LogP contribution in [-0.4, -0.2) is 32.9 Å². The highest BCUT2D eigenvalue weighted by molar-refractivity contribution is 6.13. The van der Waals surface area contributed by atoms with Gasteiger partial charge in [0, 0.05) is 6.20 Å². The molecular weight excluding hydrogens is 212 g/mol. The number of nitrogens with one attached hydrogen (secondary N) is 1. The fourth-order valence-corrected chi connectivity index (χ4v) is 1.32. The first kappa shape index (κ1) is 10.2. The van der Waals surface area contributed by atoms with E-state index in [0.29, 0.717) is 5.69 Å². The van der Waals surface area contributed by atoms with Gasteiger partial charge in [-0.25, -0.2) is 4.79 Å². The van der Waals surface area contributed by atoms with Crippen molar-refractivity contribution in [1.29, 1.82) is 0 Å². The zero-order valence-corrected chi connectivity index (χ0v) is 8.21. The maximum Gasteiger partial charge on any atom is 0.331 e. The van der Waals surface area contributed by atoms with Gasteiger partial charge < -0.3 is 0 Å². The number of carbonyl (C=O) groups is 3. The van der Waals surface area contributed by atoms with Crippen molar-refractivity contribution in [2.45, 2.75) is 13.0 Å². The number of barbiturate groups is 1.